The lowest BCUT2D eigenvalue weighted by molar-refractivity contribution is 0.484. The lowest BCUT2D eigenvalue weighted by atomic mass is 9.93. The molecule has 3 heteroatoms. The maximum atomic E-state index is 5.78. The van der Waals surface area contributed by atoms with Crippen LogP contribution in [0.4, 0.5) is 0 Å². The highest BCUT2D eigenvalue weighted by atomic mass is 32.1. The monoisotopic (exact) mass is 240 g/mol. The summed E-state index contributed by atoms with van der Waals surface area (Å²) in [6.45, 7) is 9.61. The molecule has 1 aromatic heterocycles. The van der Waals surface area contributed by atoms with Crippen molar-refractivity contribution in [1.29, 1.82) is 0 Å². The Kier molecular flexibility index (Phi) is 4.93. The van der Waals surface area contributed by atoms with Crippen LogP contribution in [-0.2, 0) is 11.8 Å². The standard InChI is InChI=1S/C13H24N2S/c1-5-6-10(8-14)7-12-15-11(9-16-12)13(2,3)4/h9-10H,5-8,14H2,1-4H3. The molecular formula is C13H24N2S. The molecule has 2 N–H and O–H groups in total. The summed E-state index contributed by atoms with van der Waals surface area (Å²) >= 11 is 1.78. The molecule has 1 atom stereocenters. The van der Waals surface area contributed by atoms with Crippen molar-refractivity contribution in [3.05, 3.63) is 16.1 Å². The summed E-state index contributed by atoms with van der Waals surface area (Å²) in [4.78, 5) is 4.71. The van der Waals surface area contributed by atoms with Gasteiger partial charge in [0.1, 0.15) is 0 Å². The molecule has 0 bridgehead atoms. The molecule has 92 valence electrons. The van der Waals surface area contributed by atoms with Gasteiger partial charge >= 0.3 is 0 Å². The predicted molar refractivity (Wildman–Crippen MR) is 72.0 cm³/mol. The van der Waals surface area contributed by atoms with Crippen LogP contribution in [-0.4, -0.2) is 11.5 Å². The van der Waals surface area contributed by atoms with Crippen LogP contribution < -0.4 is 5.73 Å². The second-order valence-electron chi connectivity index (χ2n) is 5.47. The van der Waals surface area contributed by atoms with Crippen LogP contribution in [0.1, 0.15) is 51.2 Å². The van der Waals surface area contributed by atoms with Gasteiger partial charge in [0, 0.05) is 17.2 Å². The van der Waals surface area contributed by atoms with Crippen LogP contribution in [0.2, 0.25) is 0 Å². The van der Waals surface area contributed by atoms with Gasteiger partial charge in [-0.05, 0) is 18.9 Å². The zero-order valence-corrected chi connectivity index (χ0v) is 11.7. The number of thiazole rings is 1. The minimum Gasteiger partial charge on any atom is -0.330 e. The number of hydrogen-bond donors (Lipinski definition) is 1. The molecule has 0 spiro atoms. The van der Waals surface area contributed by atoms with Gasteiger partial charge in [0.2, 0.25) is 0 Å². The highest BCUT2D eigenvalue weighted by molar-refractivity contribution is 7.09. The summed E-state index contributed by atoms with van der Waals surface area (Å²) in [5, 5.41) is 3.43. The molecule has 1 heterocycles. The van der Waals surface area contributed by atoms with Gasteiger partial charge in [0.05, 0.1) is 10.7 Å². The summed E-state index contributed by atoms with van der Waals surface area (Å²) in [6, 6.07) is 0. The van der Waals surface area contributed by atoms with E-state index in [1.165, 1.54) is 23.5 Å². The molecule has 0 aromatic carbocycles. The average Bonchev–Trinajstić information content (AvgIpc) is 2.65. The molecule has 2 nitrogen and oxygen atoms in total. The first kappa shape index (κ1) is 13.7. The van der Waals surface area contributed by atoms with Crippen molar-refractivity contribution in [1.82, 2.24) is 4.98 Å². The fourth-order valence-electron chi connectivity index (χ4n) is 1.71. The Balaban J connectivity index is 2.64. The molecule has 0 aliphatic carbocycles. The van der Waals surface area contributed by atoms with E-state index < -0.39 is 0 Å². The Morgan fingerprint density at radius 3 is 2.56 bits per heavy atom. The van der Waals surface area contributed by atoms with Gasteiger partial charge in [0.15, 0.2) is 0 Å². The molecule has 0 radical (unpaired) electrons. The van der Waals surface area contributed by atoms with Gasteiger partial charge in [-0.2, -0.15) is 0 Å². The average molecular weight is 240 g/mol. The van der Waals surface area contributed by atoms with Crippen LogP contribution in [0.3, 0.4) is 0 Å². The topological polar surface area (TPSA) is 38.9 Å². The third kappa shape index (κ3) is 3.87. The number of nitrogens with zero attached hydrogens (tertiary/aromatic N) is 1. The highest BCUT2D eigenvalue weighted by Crippen LogP contribution is 2.25. The minimum absolute atomic E-state index is 0.164. The van der Waals surface area contributed by atoms with E-state index in [2.05, 4.69) is 33.1 Å². The van der Waals surface area contributed by atoms with Crippen molar-refractivity contribution in [3.63, 3.8) is 0 Å². The van der Waals surface area contributed by atoms with Crippen LogP contribution in [0, 0.1) is 5.92 Å². The summed E-state index contributed by atoms with van der Waals surface area (Å²) in [5.41, 5.74) is 7.15. The van der Waals surface area contributed by atoms with E-state index in [-0.39, 0.29) is 5.41 Å². The molecule has 0 aliphatic heterocycles. The largest absolute Gasteiger partial charge is 0.330 e. The first-order chi connectivity index (χ1) is 7.47. The number of rotatable bonds is 5. The first-order valence-corrected chi connectivity index (χ1v) is 7.00. The fraction of sp³-hybridized carbons (Fsp3) is 0.769. The summed E-state index contributed by atoms with van der Waals surface area (Å²) in [5.74, 6) is 0.601. The van der Waals surface area contributed by atoms with Crippen molar-refractivity contribution >= 4 is 11.3 Å². The maximum Gasteiger partial charge on any atom is 0.0931 e. The Bertz CT molecular complexity index is 312. The Hall–Kier alpha value is -0.410. The SMILES string of the molecule is CCCC(CN)Cc1nc(C(C)(C)C)cs1. The molecule has 1 unspecified atom stereocenters. The van der Waals surface area contributed by atoms with E-state index in [1.54, 1.807) is 11.3 Å². The van der Waals surface area contributed by atoms with E-state index in [1.807, 2.05) is 0 Å². The second-order valence-corrected chi connectivity index (χ2v) is 6.41. The van der Waals surface area contributed by atoms with E-state index in [4.69, 9.17) is 10.7 Å². The van der Waals surface area contributed by atoms with E-state index in [0.717, 1.165) is 13.0 Å². The van der Waals surface area contributed by atoms with Gasteiger partial charge in [0.25, 0.3) is 0 Å². The maximum absolute atomic E-state index is 5.78. The summed E-state index contributed by atoms with van der Waals surface area (Å²) in [7, 11) is 0. The smallest absolute Gasteiger partial charge is 0.0931 e. The Morgan fingerprint density at radius 1 is 1.44 bits per heavy atom. The Labute approximate surface area is 103 Å². The molecule has 0 aliphatic rings. The van der Waals surface area contributed by atoms with Crippen LogP contribution in [0.25, 0.3) is 0 Å². The lowest BCUT2D eigenvalue weighted by Crippen LogP contribution is -2.17. The normalized spacial score (nSPS) is 14.1. The van der Waals surface area contributed by atoms with Gasteiger partial charge in [-0.25, -0.2) is 4.98 Å². The van der Waals surface area contributed by atoms with Gasteiger partial charge in [-0.3, -0.25) is 0 Å². The molecule has 0 amide bonds. The summed E-state index contributed by atoms with van der Waals surface area (Å²) < 4.78 is 0. The summed E-state index contributed by atoms with van der Waals surface area (Å²) in [6.07, 6.45) is 3.46. The number of aromatic nitrogens is 1. The fourth-order valence-corrected chi connectivity index (χ4v) is 2.84. The Morgan fingerprint density at radius 2 is 2.12 bits per heavy atom. The molecule has 0 saturated heterocycles. The second kappa shape index (κ2) is 5.78. The molecule has 0 fully saturated rings. The molecule has 0 saturated carbocycles. The number of hydrogen-bond acceptors (Lipinski definition) is 3. The van der Waals surface area contributed by atoms with Crippen molar-refractivity contribution in [2.45, 2.75) is 52.4 Å². The first-order valence-electron chi connectivity index (χ1n) is 6.12. The molecule has 16 heavy (non-hydrogen) atoms. The van der Waals surface area contributed by atoms with Crippen molar-refractivity contribution in [3.8, 4) is 0 Å². The lowest BCUT2D eigenvalue weighted by Gasteiger charge is -2.15. The van der Waals surface area contributed by atoms with Crippen LogP contribution in [0.15, 0.2) is 5.38 Å². The van der Waals surface area contributed by atoms with Crippen molar-refractivity contribution in [2.75, 3.05) is 6.54 Å². The van der Waals surface area contributed by atoms with Crippen LogP contribution in [0.5, 0.6) is 0 Å². The number of nitrogens with two attached hydrogens (primary N) is 1. The zero-order chi connectivity index (χ0) is 12.2. The van der Waals surface area contributed by atoms with Gasteiger partial charge in [-0.1, -0.05) is 34.1 Å². The third-order valence-electron chi connectivity index (χ3n) is 2.81. The van der Waals surface area contributed by atoms with Gasteiger partial charge in [-0.15, -0.1) is 11.3 Å². The van der Waals surface area contributed by atoms with E-state index >= 15 is 0 Å². The zero-order valence-electron chi connectivity index (χ0n) is 10.9. The van der Waals surface area contributed by atoms with Crippen molar-refractivity contribution in [2.24, 2.45) is 11.7 Å². The highest BCUT2D eigenvalue weighted by Gasteiger charge is 2.18. The molecule has 1 aromatic rings. The van der Waals surface area contributed by atoms with Crippen LogP contribution >= 0.6 is 11.3 Å². The third-order valence-corrected chi connectivity index (χ3v) is 3.68. The van der Waals surface area contributed by atoms with Gasteiger partial charge < -0.3 is 5.73 Å². The quantitative estimate of drug-likeness (QED) is 0.857. The van der Waals surface area contributed by atoms with E-state index in [0.29, 0.717) is 5.92 Å². The van der Waals surface area contributed by atoms with E-state index in [9.17, 15) is 0 Å². The molecular weight excluding hydrogens is 216 g/mol. The predicted octanol–water partition coefficient (Wildman–Crippen LogP) is 3.36. The van der Waals surface area contributed by atoms with Crippen molar-refractivity contribution < 1.29 is 0 Å². The molecule has 1 rings (SSSR count). The minimum atomic E-state index is 0.164.